The summed E-state index contributed by atoms with van der Waals surface area (Å²) in [7, 11) is 0. The Morgan fingerprint density at radius 2 is 1.63 bits per heavy atom. The molecule has 2 aromatic rings. The number of hydrogen-bond acceptors (Lipinski definition) is 4. The number of nitrogens with zero attached hydrogens (tertiary/aromatic N) is 1. The van der Waals surface area contributed by atoms with Gasteiger partial charge in [0.2, 0.25) is 0 Å². The third-order valence-corrected chi connectivity index (χ3v) is 6.96. The lowest BCUT2D eigenvalue weighted by Gasteiger charge is -2.40. The molecular weight excluding hydrogens is 372 g/mol. The van der Waals surface area contributed by atoms with Gasteiger partial charge in [0.15, 0.2) is 5.78 Å². The van der Waals surface area contributed by atoms with Gasteiger partial charge in [-0.3, -0.25) is 14.5 Å². The lowest BCUT2D eigenvalue weighted by Crippen LogP contribution is -2.51. The minimum atomic E-state index is -0.0471. The largest absolute Gasteiger partial charge is 0.316 e. The Balaban J connectivity index is 1.33. The van der Waals surface area contributed by atoms with Gasteiger partial charge in [-0.1, -0.05) is 67.9 Å². The standard InChI is InChI=1S/C26H32N2O2/c1-18(17-28-15-14-23(16-24(28)27)26(30)21-8-5-9-21)19-10-12-22(13-11-19)25(29)20-6-3-2-4-7-20/h2-4,6-7,10-13,18,21,23-24H,5,8-9,14-17,27H2,1H3. The number of carbonyl (C=O) groups excluding carboxylic acids is 2. The summed E-state index contributed by atoms with van der Waals surface area (Å²) in [6.07, 6.45) is 5.03. The lowest BCUT2D eigenvalue weighted by atomic mass is 9.75. The van der Waals surface area contributed by atoms with Gasteiger partial charge in [0.25, 0.3) is 0 Å². The van der Waals surface area contributed by atoms with E-state index >= 15 is 0 Å². The second-order valence-electron chi connectivity index (χ2n) is 9.03. The van der Waals surface area contributed by atoms with Crippen LogP contribution in [-0.4, -0.2) is 35.7 Å². The Labute approximate surface area is 179 Å². The van der Waals surface area contributed by atoms with Crippen molar-refractivity contribution in [3.8, 4) is 0 Å². The molecule has 158 valence electrons. The Kier molecular flexibility index (Phi) is 6.45. The summed E-state index contributed by atoms with van der Waals surface area (Å²) < 4.78 is 0. The molecule has 1 aliphatic heterocycles. The van der Waals surface area contributed by atoms with E-state index in [4.69, 9.17) is 5.73 Å². The summed E-state index contributed by atoms with van der Waals surface area (Å²) in [6, 6.07) is 17.3. The molecule has 3 unspecified atom stereocenters. The van der Waals surface area contributed by atoms with Crippen molar-refractivity contribution >= 4 is 11.6 Å². The third-order valence-electron chi connectivity index (χ3n) is 6.96. The van der Waals surface area contributed by atoms with Gasteiger partial charge < -0.3 is 5.73 Å². The van der Waals surface area contributed by atoms with Crippen molar-refractivity contribution in [2.45, 2.75) is 51.1 Å². The van der Waals surface area contributed by atoms with Gasteiger partial charge in [0.1, 0.15) is 5.78 Å². The van der Waals surface area contributed by atoms with Crippen LogP contribution in [0.3, 0.4) is 0 Å². The van der Waals surface area contributed by atoms with Crippen LogP contribution < -0.4 is 5.73 Å². The summed E-state index contributed by atoms with van der Waals surface area (Å²) >= 11 is 0. The van der Waals surface area contributed by atoms with Crippen LogP contribution in [0.1, 0.15) is 66.4 Å². The first-order valence-electron chi connectivity index (χ1n) is 11.3. The minimum Gasteiger partial charge on any atom is -0.316 e. The monoisotopic (exact) mass is 404 g/mol. The normalized spacial score (nSPS) is 23.5. The first kappa shape index (κ1) is 21.0. The van der Waals surface area contributed by atoms with Crippen molar-refractivity contribution < 1.29 is 9.59 Å². The summed E-state index contributed by atoms with van der Waals surface area (Å²) in [4.78, 5) is 27.5. The fraction of sp³-hybridized carbons (Fsp3) is 0.462. The Morgan fingerprint density at radius 1 is 0.967 bits per heavy atom. The molecule has 4 rings (SSSR count). The van der Waals surface area contributed by atoms with Gasteiger partial charge in [-0.2, -0.15) is 0 Å². The molecule has 1 aliphatic carbocycles. The second kappa shape index (κ2) is 9.23. The van der Waals surface area contributed by atoms with Crippen LogP contribution in [0.4, 0.5) is 0 Å². The molecule has 0 spiro atoms. The van der Waals surface area contributed by atoms with E-state index in [1.807, 2.05) is 42.5 Å². The Bertz CT molecular complexity index is 874. The highest BCUT2D eigenvalue weighted by Gasteiger charge is 2.36. The molecule has 0 radical (unpaired) electrons. The van der Waals surface area contributed by atoms with Gasteiger partial charge in [-0.25, -0.2) is 0 Å². The lowest BCUT2D eigenvalue weighted by molar-refractivity contribution is -0.131. The maximum Gasteiger partial charge on any atom is 0.193 e. The van der Waals surface area contributed by atoms with E-state index in [0.717, 1.165) is 38.8 Å². The zero-order valence-corrected chi connectivity index (χ0v) is 17.8. The molecular formula is C26H32N2O2. The Morgan fingerprint density at radius 3 is 2.23 bits per heavy atom. The molecule has 0 aromatic heterocycles. The highest BCUT2D eigenvalue weighted by molar-refractivity contribution is 6.08. The number of benzene rings is 2. The van der Waals surface area contributed by atoms with Crippen molar-refractivity contribution in [2.24, 2.45) is 17.6 Å². The van der Waals surface area contributed by atoms with Crippen LogP contribution in [0.5, 0.6) is 0 Å². The van der Waals surface area contributed by atoms with Crippen LogP contribution in [0.15, 0.2) is 54.6 Å². The smallest absolute Gasteiger partial charge is 0.193 e. The van der Waals surface area contributed by atoms with E-state index in [-0.39, 0.29) is 17.9 Å². The number of carbonyl (C=O) groups is 2. The van der Waals surface area contributed by atoms with Crippen molar-refractivity contribution in [1.29, 1.82) is 0 Å². The molecule has 1 saturated carbocycles. The van der Waals surface area contributed by atoms with E-state index in [2.05, 4.69) is 24.0 Å². The molecule has 2 fully saturated rings. The topological polar surface area (TPSA) is 63.4 Å². The van der Waals surface area contributed by atoms with Crippen LogP contribution in [-0.2, 0) is 4.79 Å². The molecule has 30 heavy (non-hydrogen) atoms. The number of piperidine rings is 1. The molecule has 3 atom stereocenters. The van der Waals surface area contributed by atoms with E-state index in [0.29, 0.717) is 28.7 Å². The van der Waals surface area contributed by atoms with Gasteiger partial charge in [0.05, 0.1) is 6.17 Å². The van der Waals surface area contributed by atoms with Crippen LogP contribution in [0, 0.1) is 11.8 Å². The SMILES string of the molecule is CC(CN1CCC(C(=O)C2CCC2)CC1N)c1ccc(C(=O)c2ccccc2)cc1. The highest BCUT2D eigenvalue weighted by Crippen LogP contribution is 2.34. The molecule has 2 N–H and O–H groups in total. The average molecular weight is 405 g/mol. The van der Waals surface area contributed by atoms with Crippen molar-refractivity contribution in [3.05, 3.63) is 71.3 Å². The predicted molar refractivity (Wildman–Crippen MR) is 119 cm³/mol. The van der Waals surface area contributed by atoms with E-state index in [9.17, 15) is 9.59 Å². The summed E-state index contributed by atoms with van der Waals surface area (Å²) in [5, 5.41) is 0. The zero-order valence-electron chi connectivity index (χ0n) is 17.8. The predicted octanol–water partition coefficient (Wildman–Crippen LogP) is 4.39. The summed E-state index contributed by atoms with van der Waals surface area (Å²) in [5.74, 6) is 1.29. The number of rotatable bonds is 7. The number of Topliss-reactive ketones (excluding diaryl/α,β-unsaturated/α-hetero) is 1. The number of likely N-dealkylation sites (tertiary alicyclic amines) is 1. The first-order chi connectivity index (χ1) is 14.5. The van der Waals surface area contributed by atoms with Crippen LogP contribution >= 0.6 is 0 Å². The van der Waals surface area contributed by atoms with E-state index < -0.39 is 0 Å². The fourth-order valence-corrected chi connectivity index (χ4v) is 4.73. The molecule has 1 saturated heterocycles. The Hall–Kier alpha value is -2.30. The van der Waals surface area contributed by atoms with Crippen LogP contribution in [0.25, 0.3) is 0 Å². The number of nitrogens with two attached hydrogens (primary N) is 1. The maximum atomic E-state index is 12.6. The molecule has 0 bridgehead atoms. The number of hydrogen-bond donors (Lipinski definition) is 1. The number of ketones is 2. The molecule has 4 nitrogen and oxygen atoms in total. The quantitative estimate of drug-likeness (QED) is 0.695. The highest BCUT2D eigenvalue weighted by atomic mass is 16.1. The molecule has 1 heterocycles. The van der Waals surface area contributed by atoms with Crippen molar-refractivity contribution in [2.75, 3.05) is 13.1 Å². The molecule has 2 aliphatic rings. The van der Waals surface area contributed by atoms with Gasteiger partial charge >= 0.3 is 0 Å². The maximum absolute atomic E-state index is 12.6. The fourth-order valence-electron chi connectivity index (χ4n) is 4.73. The molecule has 2 aromatic carbocycles. The van der Waals surface area contributed by atoms with Crippen molar-refractivity contribution in [1.82, 2.24) is 4.90 Å². The van der Waals surface area contributed by atoms with Gasteiger partial charge in [0, 0.05) is 36.1 Å². The second-order valence-corrected chi connectivity index (χ2v) is 9.03. The summed E-state index contributed by atoms with van der Waals surface area (Å²) in [6.45, 7) is 3.96. The third kappa shape index (κ3) is 4.55. The average Bonchev–Trinajstić information content (AvgIpc) is 2.74. The van der Waals surface area contributed by atoms with Crippen LogP contribution in [0.2, 0.25) is 0 Å². The molecule has 4 heteroatoms. The summed E-state index contributed by atoms with van der Waals surface area (Å²) in [5.41, 5.74) is 9.08. The first-order valence-corrected chi connectivity index (χ1v) is 11.3. The van der Waals surface area contributed by atoms with E-state index in [1.54, 1.807) is 0 Å². The minimum absolute atomic E-state index is 0.0471. The van der Waals surface area contributed by atoms with E-state index in [1.165, 1.54) is 12.0 Å². The van der Waals surface area contributed by atoms with Gasteiger partial charge in [-0.05, 0) is 37.2 Å². The van der Waals surface area contributed by atoms with Crippen molar-refractivity contribution in [3.63, 3.8) is 0 Å². The zero-order chi connectivity index (χ0) is 21.1. The van der Waals surface area contributed by atoms with Gasteiger partial charge in [-0.15, -0.1) is 0 Å². The molecule has 0 amide bonds.